The van der Waals surface area contributed by atoms with Crippen LogP contribution in [0.25, 0.3) is 0 Å². The Morgan fingerprint density at radius 3 is 2.50 bits per heavy atom. The summed E-state index contributed by atoms with van der Waals surface area (Å²) in [6.45, 7) is 1.52. The van der Waals surface area contributed by atoms with E-state index in [-0.39, 0.29) is 30.5 Å². The standard InChI is InChI=1S/C17H19N3O4/c1-12(21)19-14-7-5-13(6-8-14)17(24)18-10-15(22)11-20-9-3-2-4-16(20)23/h2-9,15,22H,10-11H2,1H3,(H,18,24)(H,19,21). The van der Waals surface area contributed by atoms with Gasteiger partial charge in [-0.2, -0.15) is 0 Å². The van der Waals surface area contributed by atoms with Crippen LogP contribution in [0.5, 0.6) is 0 Å². The minimum absolute atomic E-state index is 0.0214. The van der Waals surface area contributed by atoms with Crippen molar-refractivity contribution in [1.82, 2.24) is 9.88 Å². The van der Waals surface area contributed by atoms with Gasteiger partial charge < -0.3 is 20.3 Å². The number of hydrogen-bond acceptors (Lipinski definition) is 4. The van der Waals surface area contributed by atoms with Crippen molar-refractivity contribution >= 4 is 17.5 Å². The molecule has 0 spiro atoms. The third-order valence-electron chi connectivity index (χ3n) is 3.27. The van der Waals surface area contributed by atoms with E-state index in [0.717, 1.165) is 0 Å². The molecule has 2 aromatic rings. The number of anilines is 1. The van der Waals surface area contributed by atoms with Gasteiger partial charge in [0.2, 0.25) is 5.91 Å². The van der Waals surface area contributed by atoms with Crippen molar-refractivity contribution in [1.29, 1.82) is 0 Å². The zero-order valence-electron chi connectivity index (χ0n) is 13.2. The fourth-order valence-corrected chi connectivity index (χ4v) is 2.12. The monoisotopic (exact) mass is 329 g/mol. The lowest BCUT2D eigenvalue weighted by atomic mass is 10.2. The molecule has 126 valence electrons. The molecule has 7 nitrogen and oxygen atoms in total. The first-order chi connectivity index (χ1) is 11.5. The number of carbonyl (C=O) groups excluding carboxylic acids is 2. The topological polar surface area (TPSA) is 100 Å². The molecule has 0 aliphatic rings. The van der Waals surface area contributed by atoms with Gasteiger partial charge in [-0.3, -0.25) is 14.4 Å². The molecule has 7 heteroatoms. The third-order valence-corrected chi connectivity index (χ3v) is 3.27. The van der Waals surface area contributed by atoms with Gasteiger partial charge in [0.1, 0.15) is 0 Å². The van der Waals surface area contributed by atoms with Crippen LogP contribution < -0.4 is 16.2 Å². The van der Waals surface area contributed by atoms with Crippen molar-refractivity contribution in [2.24, 2.45) is 0 Å². The number of carbonyl (C=O) groups is 2. The smallest absolute Gasteiger partial charge is 0.251 e. The van der Waals surface area contributed by atoms with Crippen molar-refractivity contribution in [2.45, 2.75) is 19.6 Å². The van der Waals surface area contributed by atoms with Gasteiger partial charge in [-0.1, -0.05) is 6.07 Å². The summed E-state index contributed by atoms with van der Waals surface area (Å²) < 4.78 is 1.37. The van der Waals surface area contributed by atoms with Gasteiger partial charge in [-0.15, -0.1) is 0 Å². The minimum Gasteiger partial charge on any atom is -0.389 e. The van der Waals surface area contributed by atoms with Crippen molar-refractivity contribution in [3.05, 3.63) is 64.6 Å². The quantitative estimate of drug-likeness (QED) is 0.722. The van der Waals surface area contributed by atoms with Gasteiger partial charge >= 0.3 is 0 Å². The lowest BCUT2D eigenvalue weighted by Crippen LogP contribution is -2.36. The van der Waals surface area contributed by atoms with Crippen molar-refractivity contribution in [3.63, 3.8) is 0 Å². The number of aromatic nitrogens is 1. The van der Waals surface area contributed by atoms with Crippen LogP contribution in [0.2, 0.25) is 0 Å². The first-order valence-electron chi connectivity index (χ1n) is 7.45. The lowest BCUT2D eigenvalue weighted by Gasteiger charge is -2.13. The van der Waals surface area contributed by atoms with Gasteiger partial charge in [-0.05, 0) is 30.3 Å². The van der Waals surface area contributed by atoms with E-state index in [1.165, 1.54) is 17.6 Å². The molecule has 24 heavy (non-hydrogen) atoms. The second-order valence-corrected chi connectivity index (χ2v) is 5.31. The zero-order valence-corrected chi connectivity index (χ0v) is 13.2. The highest BCUT2D eigenvalue weighted by molar-refractivity contribution is 5.95. The normalized spacial score (nSPS) is 11.6. The number of hydrogen-bond donors (Lipinski definition) is 3. The van der Waals surface area contributed by atoms with E-state index < -0.39 is 6.10 Å². The lowest BCUT2D eigenvalue weighted by molar-refractivity contribution is -0.114. The third kappa shape index (κ3) is 5.06. The predicted molar refractivity (Wildman–Crippen MR) is 89.8 cm³/mol. The molecule has 2 amide bonds. The first kappa shape index (κ1) is 17.4. The maximum Gasteiger partial charge on any atom is 0.251 e. The SMILES string of the molecule is CC(=O)Nc1ccc(C(=O)NCC(O)Cn2ccccc2=O)cc1. The van der Waals surface area contributed by atoms with Crippen LogP contribution in [0.3, 0.4) is 0 Å². The summed E-state index contributed by atoms with van der Waals surface area (Å²) >= 11 is 0. The van der Waals surface area contributed by atoms with Crippen molar-refractivity contribution in [3.8, 4) is 0 Å². The van der Waals surface area contributed by atoms with Crippen LogP contribution in [0.4, 0.5) is 5.69 Å². The van der Waals surface area contributed by atoms with Crippen LogP contribution in [-0.2, 0) is 11.3 Å². The number of nitrogens with zero attached hydrogens (tertiary/aromatic N) is 1. The van der Waals surface area contributed by atoms with Crippen molar-refractivity contribution < 1.29 is 14.7 Å². The number of aliphatic hydroxyl groups excluding tert-OH is 1. The Morgan fingerprint density at radius 1 is 1.17 bits per heavy atom. The molecular weight excluding hydrogens is 310 g/mol. The van der Waals surface area contributed by atoms with Crippen LogP contribution >= 0.6 is 0 Å². The molecule has 1 heterocycles. The average Bonchev–Trinajstić information content (AvgIpc) is 2.55. The second kappa shape index (κ2) is 8.07. The fraction of sp³-hybridized carbons (Fsp3) is 0.235. The fourth-order valence-electron chi connectivity index (χ4n) is 2.12. The molecule has 1 aromatic carbocycles. The number of amides is 2. The van der Waals surface area contributed by atoms with Gasteiger partial charge in [-0.25, -0.2) is 0 Å². The van der Waals surface area contributed by atoms with E-state index in [9.17, 15) is 19.5 Å². The van der Waals surface area contributed by atoms with E-state index in [1.54, 1.807) is 42.6 Å². The van der Waals surface area contributed by atoms with E-state index in [0.29, 0.717) is 11.3 Å². The zero-order chi connectivity index (χ0) is 17.5. The summed E-state index contributed by atoms with van der Waals surface area (Å²) in [5.74, 6) is -0.532. The van der Waals surface area contributed by atoms with E-state index in [2.05, 4.69) is 10.6 Å². The van der Waals surface area contributed by atoms with E-state index >= 15 is 0 Å². The van der Waals surface area contributed by atoms with Crippen LogP contribution in [0, 0.1) is 0 Å². The molecule has 0 aliphatic heterocycles. The maximum atomic E-state index is 12.0. The van der Waals surface area contributed by atoms with Gasteiger partial charge in [0.05, 0.1) is 12.6 Å². The largest absolute Gasteiger partial charge is 0.389 e. The molecule has 1 unspecified atom stereocenters. The molecule has 1 atom stereocenters. The predicted octanol–water partition coefficient (Wildman–Crippen LogP) is 0.598. The molecule has 0 saturated carbocycles. The molecule has 0 bridgehead atoms. The highest BCUT2D eigenvalue weighted by Crippen LogP contribution is 2.09. The Hall–Kier alpha value is -2.93. The molecule has 1 aromatic heterocycles. The van der Waals surface area contributed by atoms with Crippen LogP contribution in [0.1, 0.15) is 17.3 Å². The van der Waals surface area contributed by atoms with Crippen LogP contribution in [0.15, 0.2) is 53.5 Å². The van der Waals surface area contributed by atoms with Gasteiger partial charge in [0, 0.05) is 37.0 Å². The summed E-state index contributed by atoms with van der Waals surface area (Å²) in [4.78, 5) is 34.5. The Labute approximate surface area is 138 Å². The van der Waals surface area contributed by atoms with E-state index in [4.69, 9.17) is 0 Å². The molecular formula is C17H19N3O4. The highest BCUT2D eigenvalue weighted by Gasteiger charge is 2.10. The number of pyridine rings is 1. The summed E-state index contributed by atoms with van der Waals surface area (Å²) in [7, 11) is 0. The van der Waals surface area contributed by atoms with Gasteiger partial charge in [0.25, 0.3) is 11.5 Å². The van der Waals surface area contributed by atoms with Crippen LogP contribution in [-0.4, -0.2) is 34.1 Å². The second-order valence-electron chi connectivity index (χ2n) is 5.31. The summed E-state index contributed by atoms with van der Waals surface area (Å²) in [6.07, 6.45) is 0.696. The number of rotatable bonds is 6. The Balaban J connectivity index is 1.87. The highest BCUT2D eigenvalue weighted by atomic mass is 16.3. The summed E-state index contributed by atoms with van der Waals surface area (Å²) in [6, 6.07) is 11.1. The Bertz CT molecular complexity index is 768. The van der Waals surface area contributed by atoms with E-state index in [1.807, 2.05) is 0 Å². The molecule has 2 rings (SSSR count). The number of benzene rings is 1. The first-order valence-corrected chi connectivity index (χ1v) is 7.45. The summed E-state index contributed by atoms with van der Waals surface area (Å²) in [5, 5.41) is 15.2. The molecule has 0 fully saturated rings. The average molecular weight is 329 g/mol. The molecule has 0 radical (unpaired) electrons. The van der Waals surface area contributed by atoms with Crippen molar-refractivity contribution in [2.75, 3.05) is 11.9 Å². The maximum absolute atomic E-state index is 12.0. The minimum atomic E-state index is -0.882. The number of nitrogens with one attached hydrogen (secondary N) is 2. The molecule has 3 N–H and O–H groups in total. The van der Waals surface area contributed by atoms with Gasteiger partial charge in [0.15, 0.2) is 0 Å². The summed E-state index contributed by atoms with van der Waals surface area (Å²) in [5.41, 5.74) is 0.798. The number of aliphatic hydroxyl groups is 1. The molecule has 0 saturated heterocycles. The Morgan fingerprint density at radius 2 is 1.88 bits per heavy atom. The Kier molecular flexibility index (Phi) is 5.86. The molecule has 0 aliphatic carbocycles.